The SMILES string of the molecule is CNS(=O)(=O)c1ccc2c(c1)C(=Cc1cccc(F)c1F)C(=O)N2. The number of anilines is 1. The van der Waals surface area contributed by atoms with Gasteiger partial charge in [0.15, 0.2) is 11.6 Å². The highest BCUT2D eigenvalue weighted by molar-refractivity contribution is 7.89. The average Bonchev–Trinajstić information content (AvgIpc) is 2.87. The third kappa shape index (κ3) is 2.70. The van der Waals surface area contributed by atoms with Crippen LogP contribution in [0.15, 0.2) is 41.3 Å². The molecule has 1 amide bonds. The van der Waals surface area contributed by atoms with Crippen molar-refractivity contribution in [2.75, 3.05) is 12.4 Å². The summed E-state index contributed by atoms with van der Waals surface area (Å²) in [4.78, 5) is 12.1. The molecule has 8 heteroatoms. The van der Waals surface area contributed by atoms with Crippen LogP contribution >= 0.6 is 0 Å². The molecule has 2 aromatic rings. The summed E-state index contributed by atoms with van der Waals surface area (Å²) >= 11 is 0. The standard InChI is InChI=1S/C16H12F2N2O3S/c1-19-24(22,23)10-5-6-14-11(8-10)12(16(21)20-14)7-9-3-2-4-13(17)15(9)18/h2-8,19H,1H3,(H,20,21). The second kappa shape index (κ2) is 5.81. The van der Waals surface area contributed by atoms with Crippen molar-refractivity contribution in [3.05, 3.63) is 59.2 Å². The number of rotatable bonds is 3. The lowest BCUT2D eigenvalue weighted by Crippen LogP contribution is -2.18. The molecule has 1 aliphatic heterocycles. The van der Waals surface area contributed by atoms with Crippen LogP contribution in [0.2, 0.25) is 0 Å². The number of nitrogens with one attached hydrogen (secondary N) is 2. The van der Waals surface area contributed by atoms with Gasteiger partial charge in [-0.3, -0.25) is 4.79 Å². The van der Waals surface area contributed by atoms with Crippen LogP contribution < -0.4 is 10.0 Å². The molecule has 124 valence electrons. The number of benzene rings is 2. The molecule has 3 rings (SSSR count). The molecule has 24 heavy (non-hydrogen) atoms. The smallest absolute Gasteiger partial charge is 0.256 e. The molecule has 1 heterocycles. The maximum Gasteiger partial charge on any atom is 0.256 e. The van der Waals surface area contributed by atoms with Crippen LogP contribution in [0, 0.1) is 11.6 Å². The van der Waals surface area contributed by atoms with Crippen molar-refractivity contribution >= 4 is 33.3 Å². The van der Waals surface area contributed by atoms with Crippen molar-refractivity contribution in [2.24, 2.45) is 0 Å². The first kappa shape index (κ1) is 16.3. The highest BCUT2D eigenvalue weighted by Crippen LogP contribution is 2.35. The molecule has 2 aromatic carbocycles. The fourth-order valence-electron chi connectivity index (χ4n) is 2.38. The lowest BCUT2D eigenvalue weighted by molar-refractivity contribution is -0.110. The van der Waals surface area contributed by atoms with Crippen LogP contribution in [0.25, 0.3) is 11.6 Å². The molecule has 5 nitrogen and oxygen atoms in total. The highest BCUT2D eigenvalue weighted by Gasteiger charge is 2.26. The van der Waals surface area contributed by atoms with E-state index in [-0.39, 0.29) is 16.0 Å². The Morgan fingerprint density at radius 1 is 1.17 bits per heavy atom. The van der Waals surface area contributed by atoms with Crippen LogP contribution in [0.1, 0.15) is 11.1 Å². The molecule has 0 unspecified atom stereocenters. The first-order valence-electron chi connectivity index (χ1n) is 6.88. The first-order chi connectivity index (χ1) is 11.3. The second-order valence-corrected chi connectivity index (χ2v) is 6.96. The van der Waals surface area contributed by atoms with Gasteiger partial charge in [0.2, 0.25) is 10.0 Å². The number of sulfonamides is 1. The van der Waals surface area contributed by atoms with Gasteiger partial charge in [0.1, 0.15) is 0 Å². The summed E-state index contributed by atoms with van der Waals surface area (Å²) in [7, 11) is -2.43. The van der Waals surface area contributed by atoms with Gasteiger partial charge in [0.05, 0.1) is 4.90 Å². The zero-order chi connectivity index (χ0) is 17.5. The van der Waals surface area contributed by atoms with Gasteiger partial charge >= 0.3 is 0 Å². The van der Waals surface area contributed by atoms with E-state index in [1.807, 2.05) is 0 Å². The summed E-state index contributed by atoms with van der Waals surface area (Å²) < 4.78 is 53.1. The maximum absolute atomic E-state index is 13.8. The van der Waals surface area contributed by atoms with Crippen LogP contribution in [-0.4, -0.2) is 21.4 Å². The number of amides is 1. The summed E-state index contributed by atoms with van der Waals surface area (Å²) in [6, 6.07) is 7.71. The molecular formula is C16H12F2N2O3S. The number of carbonyl (C=O) groups is 1. The van der Waals surface area contributed by atoms with Crippen LogP contribution in [-0.2, 0) is 14.8 Å². The van der Waals surface area contributed by atoms with Gasteiger partial charge in [-0.2, -0.15) is 0 Å². The van der Waals surface area contributed by atoms with E-state index in [2.05, 4.69) is 10.0 Å². The Labute approximate surface area is 137 Å². The average molecular weight is 350 g/mol. The number of hydrogen-bond acceptors (Lipinski definition) is 3. The Morgan fingerprint density at radius 3 is 2.62 bits per heavy atom. The fourth-order valence-corrected chi connectivity index (χ4v) is 3.14. The van der Waals surface area contributed by atoms with Gasteiger partial charge < -0.3 is 5.32 Å². The van der Waals surface area contributed by atoms with E-state index in [4.69, 9.17) is 0 Å². The molecule has 0 saturated carbocycles. The molecule has 0 fully saturated rings. The molecule has 0 aromatic heterocycles. The summed E-state index contributed by atoms with van der Waals surface area (Å²) in [5, 5.41) is 2.56. The van der Waals surface area contributed by atoms with Crippen molar-refractivity contribution in [2.45, 2.75) is 4.90 Å². The summed E-state index contributed by atoms with van der Waals surface area (Å²) in [6.07, 6.45) is 1.19. The normalized spacial score (nSPS) is 15.5. The zero-order valence-corrected chi connectivity index (χ0v) is 13.2. The number of hydrogen-bond donors (Lipinski definition) is 2. The largest absolute Gasteiger partial charge is 0.321 e. The van der Waals surface area contributed by atoms with E-state index in [1.165, 1.54) is 43.5 Å². The van der Waals surface area contributed by atoms with E-state index in [0.717, 1.165) is 6.07 Å². The lowest BCUT2D eigenvalue weighted by Gasteiger charge is -2.05. The number of fused-ring (bicyclic) bond motifs is 1. The highest BCUT2D eigenvalue weighted by atomic mass is 32.2. The maximum atomic E-state index is 13.8. The van der Waals surface area contributed by atoms with Gasteiger partial charge in [-0.15, -0.1) is 0 Å². The number of halogens is 2. The monoisotopic (exact) mass is 350 g/mol. The third-order valence-electron chi connectivity index (χ3n) is 3.63. The summed E-state index contributed by atoms with van der Waals surface area (Å²) in [5.41, 5.74) is 0.663. The second-order valence-electron chi connectivity index (χ2n) is 5.07. The first-order valence-corrected chi connectivity index (χ1v) is 8.37. The molecule has 1 aliphatic rings. The predicted octanol–water partition coefficient (Wildman–Crippen LogP) is 2.37. The number of carbonyl (C=O) groups excluding carboxylic acids is 1. The zero-order valence-electron chi connectivity index (χ0n) is 12.4. The molecular weight excluding hydrogens is 338 g/mol. The van der Waals surface area contributed by atoms with E-state index in [1.54, 1.807) is 0 Å². The Kier molecular flexibility index (Phi) is 3.94. The van der Waals surface area contributed by atoms with Crippen molar-refractivity contribution in [3.63, 3.8) is 0 Å². The van der Waals surface area contributed by atoms with E-state index in [0.29, 0.717) is 11.3 Å². The van der Waals surface area contributed by atoms with Crippen molar-refractivity contribution < 1.29 is 22.0 Å². The Morgan fingerprint density at radius 2 is 1.92 bits per heavy atom. The topological polar surface area (TPSA) is 75.3 Å². The Bertz CT molecular complexity index is 985. The van der Waals surface area contributed by atoms with Gasteiger partial charge in [-0.05, 0) is 37.4 Å². The quantitative estimate of drug-likeness (QED) is 0.835. The van der Waals surface area contributed by atoms with Crippen LogP contribution in [0.3, 0.4) is 0 Å². The van der Waals surface area contributed by atoms with Crippen molar-refractivity contribution in [3.8, 4) is 0 Å². The van der Waals surface area contributed by atoms with Gasteiger partial charge in [0, 0.05) is 22.4 Å². The van der Waals surface area contributed by atoms with Gasteiger partial charge in [-0.1, -0.05) is 12.1 Å². The van der Waals surface area contributed by atoms with E-state index >= 15 is 0 Å². The molecule has 2 N–H and O–H groups in total. The molecule has 0 bridgehead atoms. The Hall–Kier alpha value is -2.58. The van der Waals surface area contributed by atoms with Crippen LogP contribution in [0.4, 0.5) is 14.5 Å². The minimum Gasteiger partial charge on any atom is -0.321 e. The minimum absolute atomic E-state index is 0.0362. The minimum atomic E-state index is -3.70. The fraction of sp³-hybridized carbons (Fsp3) is 0.0625. The van der Waals surface area contributed by atoms with Gasteiger partial charge in [-0.25, -0.2) is 21.9 Å². The third-order valence-corrected chi connectivity index (χ3v) is 5.05. The van der Waals surface area contributed by atoms with Gasteiger partial charge in [0.25, 0.3) is 5.91 Å². The molecule has 0 spiro atoms. The molecule has 0 atom stereocenters. The van der Waals surface area contributed by atoms with E-state index < -0.39 is 27.6 Å². The van der Waals surface area contributed by atoms with Crippen molar-refractivity contribution in [1.29, 1.82) is 0 Å². The lowest BCUT2D eigenvalue weighted by atomic mass is 10.0. The molecule has 0 radical (unpaired) electrons. The predicted molar refractivity (Wildman–Crippen MR) is 85.5 cm³/mol. The Balaban J connectivity index is 2.16. The van der Waals surface area contributed by atoms with E-state index in [9.17, 15) is 22.0 Å². The van der Waals surface area contributed by atoms with Crippen LogP contribution in [0.5, 0.6) is 0 Å². The summed E-state index contributed by atoms with van der Waals surface area (Å²) in [6.45, 7) is 0. The van der Waals surface area contributed by atoms with Crippen molar-refractivity contribution in [1.82, 2.24) is 4.72 Å². The summed E-state index contributed by atoms with van der Waals surface area (Å²) in [5.74, 6) is -2.63. The molecule has 0 saturated heterocycles. The molecule has 0 aliphatic carbocycles.